The molecule has 44 heavy (non-hydrogen) atoms. The zero-order chi connectivity index (χ0) is 30.1. The molecule has 2 aliphatic heterocycles. The maximum atomic E-state index is 12.7. The van der Waals surface area contributed by atoms with Gasteiger partial charge in [0.2, 0.25) is 6.79 Å². The molecular formula is C33H35N5O5S. The maximum Gasteiger partial charge on any atom is 0.287 e. The van der Waals surface area contributed by atoms with Gasteiger partial charge < -0.3 is 28.8 Å². The van der Waals surface area contributed by atoms with Crippen molar-refractivity contribution in [2.75, 3.05) is 51.5 Å². The van der Waals surface area contributed by atoms with Gasteiger partial charge in [-0.3, -0.25) is 9.69 Å². The third-order valence-corrected chi connectivity index (χ3v) is 8.20. The van der Waals surface area contributed by atoms with Crippen LogP contribution in [-0.4, -0.2) is 67.4 Å². The van der Waals surface area contributed by atoms with Crippen LogP contribution in [0.15, 0.2) is 82.4 Å². The quantitative estimate of drug-likeness (QED) is 0.173. The number of amides is 1. The Bertz CT molecular complexity index is 1590. The Kier molecular flexibility index (Phi) is 9.76. The average molecular weight is 614 g/mol. The number of piperazine rings is 1. The van der Waals surface area contributed by atoms with E-state index in [1.165, 1.54) is 17.3 Å². The molecule has 2 aromatic carbocycles. The SMILES string of the molecule is COCc1cc(N2CCN(C/C=C/c3ccccc3)CC2)nc(SCc2ccc(C(=O)NCc3ccc4c(c3)OCO4)o2)n1. The van der Waals surface area contributed by atoms with Crippen molar-refractivity contribution in [3.8, 4) is 11.5 Å². The lowest BCUT2D eigenvalue weighted by Crippen LogP contribution is -2.46. The molecule has 1 fully saturated rings. The molecule has 2 aliphatic rings. The first-order chi connectivity index (χ1) is 21.6. The summed E-state index contributed by atoms with van der Waals surface area (Å²) in [4.78, 5) is 27.0. The molecule has 1 saturated heterocycles. The highest BCUT2D eigenvalue weighted by atomic mass is 32.2. The van der Waals surface area contributed by atoms with Crippen LogP contribution in [0.4, 0.5) is 5.82 Å². The van der Waals surface area contributed by atoms with Gasteiger partial charge >= 0.3 is 0 Å². The number of ether oxygens (including phenoxy) is 3. The van der Waals surface area contributed by atoms with Gasteiger partial charge in [0.25, 0.3) is 5.91 Å². The zero-order valence-corrected chi connectivity index (χ0v) is 25.4. The van der Waals surface area contributed by atoms with E-state index in [4.69, 9.17) is 23.6 Å². The predicted octanol–water partition coefficient (Wildman–Crippen LogP) is 5.00. The van der Waals surface area contributed by atoms with Gasteiger partial charge in [0.15, 0.2) is 22.4 Å². The Labute approximate surface area is 261 Å². The summed E-state index contributed by atoms with van der Waals surface area (Å²) in [6.07, 6.45) is 4.40. The summed E-state index contributed by atoms with van der Waals surface area (Å²) in [5.41, 5.74) is 2.96. The third-order valence-electron chi connectivity index (χ3n) is 7.33. The van der Waals surface area contributed by atoms with Gasteiger partial charge in [0, 0.05) is 52.4 Å². The Morgan fingerprint density at radius 1 is 1.00 bits per heavy atom. The van der Waals surface area contributed by atoms with E-state index in [1.54, 1.807) is 13.2 Å². The van der Waals surface area contributed by atoms with Gasteiger partial charge in [-0.15, -0.1) is 0 Å². The number of carbonyl (C=O) groups is 1. The van der Waals surface area contributed by atoms with Crippen LogP contribution in [0, 0.1) is 0 Å². The molecule has 1 amide bonds. The number of nitrogens with one attached hydrogen (secondary N) is 1. The Morgan fingerprint density at radius 3 is 2.68 bits per heavy atom. The highest BCUT2D eigenvalue weighted by Crippen LogP contribution is 2.32. The molecule has 1 N–H and O–H groups in total. The van der Waals surface area contributed by atoms with Crippen molar-refractivity contribution >= 4 is 29.6 Å². The fourth-order valence-electron chi connectivity index (χ4n) is 5.00. The fourth-order valence-corrected chi connectivity index (χ4v) is 5.77. The molecule has 0 bridgehead atoms. The molecule has 4 aromatic rings. The monoisotopic (exact) mass is 613 g/mol. The lowest BCUT2D eigenvalue weighted by Gasteiger charge is -2.35. The van der Waals surface area contributed by atoms with Crippen LogP contribution in [0.3, 0.4) is 0 Å². The lowest BCUT2D eigenvalue weighted by molar-refractivity contribution is 0.0921. The first kappa shape index (κ1) is 29.7. The van der Waals surface area contributed by atoms with Crippen molar-refractivity contribution in [2.45, 2.75) is 24.1 Å². The molecule has 11 heteroatoms. The van der Waals surface area contributed by atoms with Crippen molar-refractivity contribution in [1.29, 1.82) is 0 Å². The summed E-state index contributed by atoms with van der Waals surface area (Å²) in [7, 11) is 1.66. The maximum absolute atomic E-state index is 12.7. The van der Waals surface area contributed by atoms with Crippen LogP contribution in [0.1, 0.15) is 33.1 Å². The second kappa shape index (κ2) is 14.4. The Hall–Kier alpha value is -4.32. The van der Waals surface area contributed by atoms with Gasteiger partial charge in [-0.1, -0.05) is 60.3 Å². The minimum Gasteiger partial charge on any atom is -0.455 e. The first-order valence-corrected chi connectivity index (χ1v) is 15.6. The van der Waals surface area contributed by atoms with E-state index in [2.05, 4.69) is 56.5 Å². The summed E-state index contributed by atoms with van der Waals surface area (Å²) in [6.45, 7) is 5.57. The molecule has 0 atom stereocenters. The van der Waals surface area contributed by atoms with Gasteiger partial charge in [0.05, 0.1) is 18.1 Å². The van der Waals surface area contributed by atoms with E-state index in [0.717, 1.165) is 49.8 Å². The highest BCUT2D eigenvalue weighted by Gasteiger charge is 2.20. The first-order valence-electron chi connectivity index (χ1n) is 14.6. The second-order valence-electron chi connectivity index (χ2n) is 10.5. The molecule has 0 spiro atoms. The second-order valence-corrected chi connectivity index (χ2v) is 11.4. The molecule has 228 valence electrons. The van der Waals surface area contributed by atoms with Crippen LogP contribution in [-0.2, 0) is 23.6 Å². The number of furan rings is 1. The third kappa shape index (κ3) is 7.79. The lowest BCUT2D eigenvalue weighted by atomic mass is 10.2. The topological polar surface area (TPSA) is 102 Å². The van der Waals surface area contributed by atoms with Crippen LogP contribution in [0.25, 0.3) is 6.08 Å². The van der Waals surface area contributed by atoms with Crippen molar-refractivity contribution in [2.24, 2.45) is 0 Å². The van der Waals surface area contributed by atoms with Gasteiger partial charge in [-0.05, 0) is 35.4 Å². The summed E-state index contributed by atoms with van der Waals surface area (Å²) in [6, 6.07) is 21.5. The standard InChI is InChI=1S/C33H35N5O5S/c1-40-21-26-19-31(38-16-14-37(15-17-38)13-5-8-24-6-3-2-4-7-24)36-33(35-26)44-22-27-10-12-29(43-27)32(39)34-20-25-9-11-28-30(18-25)42-23-41-28/h2-12,18-19H,13-17,20-23H2,1H3,(H,34,39)/b8-5+. The van der Waals surface area contributed by atoms with Crippen LogP contribution >= 0.6 is 11.8 Å². The number of anilines is 1. The smallest absolute Gasteiger partial charge is 0.287 e. The van der Waals surface area contributed by atoms with E-state index >= 15 is 0 Å². The van der Waals surface area contributed by atoms with E-state index in [1.807, 2.05) is 36.4 Å². The minimum absolute atomic E-state index is 0.215. The van der Waals surface area contributed by atoms with E-state index in [-0.39, 0.29) is 18.5 Å². The molecule has 2 aromatic heterocycles. The average Bonchev–Trinajstić information content (AvgIpc) is 3.73. The number of benzene rings is 2. The Balaban J connectivity index is 1.01. The van der Waals surface area contributed by atoms with E-state index in [9.17, 15) is 4.79 Å². The van der Waals surface area contributed by atoms with Crippen LogP contribution < -0.4 is 19.7 Å². The van der Waals surface area contributed by atoms with E-state index in [0.29, 0.717) is 41.3 Å². The van der Waals surface area contributed by atoms with Gasteiger partial charge in [-0.25, -0.2) is 9.97 Å². The number of fused-ring (bicyclic) bond motifs is 1. The molecule has 0 unspecified atom stereocenters. The van der Waals surface area contributed by atoms with Gasteiger partial charge in [0.1, 0.15) is 11.6 Å². The highest BCUT2D eigenvalue weighted by molar-refractivity contribution is 7.98. The molecular weight excluding hydrogens is 578 g/mol. The summed E-state index contributed by atoms with van der Waals surface area (Å²) in [5.74, 6) is 3.43. The van der Waals surface area contributed by atoms with Crippen molar-refractivity contribution in [3.63, 3.8) is 0 Å². The molecule has 0 radical (unpaired) electrons. The van der Waals surface area contributed by atoms with Crippen molar-refractivity contribution < 1.29 is 23.4 Å². The molecule has 0 saturated carbocycles. The number of aromatic nitrogens is 2. The normalized spacial score (nSPS) is 14.8. The fraction of sp³-hybridized carbons (Fsp3) is 0.303. The van der Waals surface area contributed by atoms with Crippen LogP contribution in [0.2, 0.25) is 0 Å². The molecule has 4 heterocycles. The number of hydrogen-bond acceptors (Lipinski definition) is 10. The van der Waals surface area contributed by atoms with Crippen molar-refractivity contribution in [1.82, 2.24) is 20.2 Å². The number of thioether (sulfide) groups is 1. The number of carbonyl (C=O) groups excluding carboxylic acids is 1. The predicted molar refractivity (Wildman–Crippen MR) is 169 cm³/mol. The van der Waals surface area contributed by atoms with Crippen molar-refractivity contribution in [3.05, 3.63) is 101 Å². The van der Waals surface area contributed by atoms with E-state index < -0.39 is 0 Å². The molecule has 0 aliphatic carbocycles. The summed E-state index contributed by atoms with van der Waals surface area (Å²) in [5, 5.41) is 3.54. The number of nitrogens with zero attached hydrogens (tertiary/aromatic N) is 4. The molecule has 6 rings (SSSR count). The number of hydrogen-bond donors (Lipinski definition) is 1. The van der Waals surface area contributed by atoms with Crippen LogP contribution in [0.5, 0.6) is 11.5 Å². The molecule has 10 nitrogen and oxygen atoms in total. The summed E-state index contributed by atoms with van der Waals surface area (Å²) >= 11 is 1.47. The largest absolute Gasteiger partial charge is 0.455 e. The minimum atomic E-state index is -0.283. The number of rotatable bonds is 12. The summed E-state index contributed by atoms with van der Waals surface area (Å²) < 4.78 is 22.0. The zero-order valence-electron chi connectivity index (χ0n) is 24.6. The number of methoxy groups -OCH3 is 1. The van der Waals surface area contributed by atoms with Gasteiger partial charge in [-0.2, -0.15) is 0 Å². The Morgan fingerprint density at radius 2 is 1.84 bits per heavy atom.